The van der Waals surface area contributed by atoms with Gasteiger partial charge in [0.05, 0.1) is 12.8 Å². The lowest BCUT2D eigenvalue weighted by molar-refractivity contribution is 0.0739. The minimum atomic E-state index is -0.0454. The Morgan fingerprint density at radius 1 is 0.931 bits per heavy atom. The Kier molecular flexibility index (Phi) is 5.83. The molecule has 0 unspecified atom stereocenters. The molecule has 1 amide bonds. The van der Waals surface area contributed by atoms with E-state index in [9.17, 15) is 4.79 Å². The van der Waals surface area contributed by atoms with Crippen LogP contribution in [0.2, 0.25) is 0 Å². The van der Waals surface area contributed by atoms with Crippen LogP contribution in [0, 0.1) is 5.92 Å². The summed E-state index contributed by atoms with van der Waals surface area (Å²) in [7, 11) is 1.69. The number of benzene rings is 1. The van der Waals surface area contributed by atoms with Gasteiger partial charge in [0.15, 0.2) is 11.5 Å². The van der Waals surface area contributed by atoms with E-state index in [1.165, 1.54) is 12.8 Å². The Morgan fingerprint density at radius 3 is 2.31 bits per heavy atom. The maximum absolute atomic E-state index is 12.9. The van der Waals surface area contributed by atoms with Gasteiger partial charge < -0.3 is 19.4 Å². The number of piperazine rings is 1. The van der Waals surface area contributed by atoms with Crippen LogP contribution in [0.3, 0.4) is 0 Å². The van der Waals surface area contributed by atoms with E-state index in [4.69, 9.17) is 4.74 Å². The van der Waals surface area contributed by atoms with Gasteiger partial charge in [-0.1, -0.05) is 19.1 Å². The van der Waals surface area contributed by atoms with Gasteiger partial charge in [0, 0.05) is 39.3 Å². The molecule has 1 aromatic heterocycles. The molecule has 2 aliphatic heterocycles. The van der Waals surface area contributed by atoms with Crippen molar-refractivity contribution in [3.63, 3.8) is 0 Å². The van der Waals surface area contributed by atoms with Gasteiger partial charge >= 0.3 is 0 Å². The number of rotatable bonds is 4. The van der Waals surface area contributed by atoms with E-state index < -0.39 is 0 Å². The largest absolute Gasteiger partial charge is 0.495 e. The van der Waals surface area contributed by atoms with Crippen LogP contribution in [0.4, 0.5) is 11.5 Å². The number of amides is 1. The molecule has 1 aromatic carbocycles. The minimum Gasteiger partial charge on any atom is -0.495 e. The number of anilines is 2. The third-order valence-corrected chi connectivity index (χ3v) is 5.97. The predicted octanol–water partition coefficient (Wildman–Crippen LogP) is 2.68. The highest BCUT2D eigenvalue weighted by molar-refractivity contribution is 5.92. The van der Waals surface area contributed by atoms with Crippen molar-refractivity contribution in [3.8, 4) is 5.75 Å². The molecule has 2 aromatic rings. The predicted molar refractivity (Wildman–Crippen MR) is 114 cm³/mol. The second-order valence-electron chi connectivity index (χ2n) is 7.90. The van der Waals surface area contributed by atoms with E-state index >= 15 is 0 Å². The smallest absolute Gasteiger partial charge is 0.274 e. The molecule has 3 heterocycles. The summed E-state index contributed by atoms with van der Waals surface area (Å²) in [5.41, 5.74) is 1.49. The Morgan fingerprint density at radius 2 is 1.66 bits per heavy atom. The van der Waals surface area contributed by atoms with Gasteiger partial charge in [-0.25, -0.2) is 0 Å². The number of hydrogen-bond acceptors (Lipinski definition) is 6. The van der Waals surface area contributed by atoms with Gasteiger partial charge in [0.25, 0.3) is 5.91 Å². The van der Waals surface area contributed by atoms with Crippen LogP contribution < -0.4 is 14.5 Å². The highest BCUT2D eigenvalue weighted by Gasteiger charge is 2.25. The zero-order valence-electron chi connectivity index (χ0n) is 17.3. The molecule has 4 rings (SSSR count). The quantitative estimate of drug-likeness (QED) is 0.793. The van der Waals surface area contributed by atoms with Gasteiger partial charge in [-0.2, -0.15) is 0 Å². The Labute approximate surface area is 172 Å². The fourth-order valence-electron chi connectivity index (χ4n) is 4.05. The Bertz CT molecular complexity index is 825. The molecule has 0 bridgehead atoms. The molecule has 2 aliphatic rings. The summed E-state index contributed by atoms with van der Waals surface area (Å²) in [5.74, 6) is 2.46. The second-order valence-corrected chi connectivity index (χ2v) is 7.90. The van der Waals surface area contributed by atoms with Crippen LogP contribution in [0.25, 0.3) is 0 Å². The summed E-state index contributed by atoms with van der Waals surface area (Å²) in [5, 5.41) is 8.57. The summed E-state index contributed by atoms with van der Waals surface area (Å²) in [6, 6.07) is 11.7. The molecule has 0 N–H and O–H groups in total. The third kappa shape index (κ3) is 4.28. The van der Waals surface area contributed by atoms with E-state index in [-0.39, 0.29) is 5.91 Å². The lowest BCUT2D eigenvalue weighted by Crippen LogP contribution is -2.49. The molecule has 0 saturated carbocycles. The molecule has 0 spiro atoms. The molecule has 0 aliphatic carbocycles. The van der Waals surface area contributed by atoms with E-state index in [1.54, 1.807) is 7.11 Å². The molecule has 0 radical (unpaired) electrons. The SMILES string of the molecule is COc1ccccc1N1CCN(C(=O)c2ccc(N3CCC(C)CC3)nn2)CC1. The summed E-state index contributed by atoms with van der Waals surface area (Å²) in [6.07, 6.45) is 2.36. The van der Waals surface area contributed by atoms with Crippen molar-refractivity contribution in [2.75, 3.05) is 56.2 Å². The molecular weight excluding hydrogens is 366 g/mol. The summed E-state index contributed by atoms with van der Waals surface area (Å²) < 4.78 is 5.46. The number of methoxy groups -OCH3 is 1. The number of ether oxygens (including phenoxy) is 1. The summed E-state index contributed by atoms with van der Waals surface area (Å²) in [4.78, 5) is 19.2. The number of nitrogens with zero attached hydrogens (tertiary/aromatic N) is 5. The van der Waals surface area contributed by atoms with Crippen LogP contribution >= 0.6 is 0 Å². The third-order valence-electron chi connectivity index (χ3n) is 5.97. The summed E-state index contributed by atoms with van der Waals surface area (Å²) >= 11 is 0. The molecule has 29 heavy (non-hydrogen) atoms. The lowest BCUT2D eigenvalue weighted by atomic mass is 9.99. The molecule has 2 saturated heterocycles. The molecule has 2 fully saturated rings. The fourth-order valence-corrected chi connectivity index (χ4v) is 4.05. The van der Waals surface area contributed by atoms with Crippen molar-refractivity contribution < 1.29 is 9.53 Å². The molecule has 154 valence electrons. The van der Waals surface area contributed by atoms with Gasteiger partial charge in [-0.3, -0.25) is 4.79 Å². The van der Waals surface area contributed by atoms with Crippen LogP contribution in [0.15, 0.2) is 36.4 Å². The highest BCUT2D eigenvalue weighted by atomic mass is 16.5. The summed E-state index contributed by atoms with van der Waals surface area (Å²) in [6.45, 7) is 7.16. The highest BCUT2D eigenvalue weighted by Crippen LogP contribution is 2.28. The molecule has 7 nitrogen and oxygen atoms in total. The normalized spacial score (nSPS) is 18.1. The van der Waals surface area contributed by atoms with Gasteiger partial charge in [-0.05, 0) is 43.0 Å². The number of carbonyl (C=O) groups is 1. The zero-order valence-corrected chi connectivity index (χ0v) is 17.3. The van der Waals surface area contributed by atoms with Gasteiger partial charge in [-0.15, -0.1) is 10.2 Å². The average molecular weight is 396 g/mol. The van der Waals surface area contributed by atoms with Crippen molar-refractivity contribution in [3.05, 3.63) is 42.1 Å². The maximum atomic E-state index is 12.9. The number of hydrogen-bond donors (Lipinski definition) is 0. The Balaban J connectivity index is 1.36. The van der Waals surface area contributed by atoms with Crippen LogP contribution in [-0.2, 0) is 0 Å². The standard InChI is InChI=1S/C22H29N5O2/c1-17-9-11-26(12-10-17)21-8-7-18(23-24-21)22(28)27-15-13-25(14-16-27)19-5-3-4-6-20(19)29-2/h3-8,17H,9-16H2,1-2H3. The molecule has 0 atom stereocenters. The van der Waals surface area contributed by atoms with Crippen LogP contribution in [0.5, 0.6) is 5.75 Å². The first-order chi connectivity index (χ1) is 14.2. The van der Waals surface area contributed by atoms with E-state index in [0.29, 0.717) is 18.8 Å². The monoisotopic (exact) mass is 395 g/mol. The molecular formula is C22H29N5O2. The fraction of sp³-hybridized carbons (Fsp3) is 0.500. The number of aromatic nitrogens is 2. The van der Waals surface area contributed by atoms with Crippen LogP contribution in [-0.4, -0.2) is 67.4 Å². The van der Waals surface area contributed by atoms with Crippen molar-refractivity contribution in [1.29, 1.82) is 0 Å². The van der Waals surface area contributed by atoms with E-state index in [1.807, 2.05) is 35.2 Å². The zero-order chi connectivity index (χ0) is 20.2. The number of piperidine rings is 1. The van der Waals surface area contributed by atoms with Gasteiger partial charge in [0.2, 0.25) is 0 Å². The second kappa shape index (κ2) is 8.68. The lowest BCUT2D eigenvalue weighted by Gasteiger charge is -2.36. The van der Waals surface area contributed by atoms with Crippen LogP contribution in [0.1, 0.15) is 30.3 Å². The van der Waals surface area contributed by atoms with Crippen molar-refractivity contribution in [2.24, 2.45) is 5.92 Å². The average Bonchev–Trinajstić information content (AvgIpc) is 2.79. The van der Waals surface area contributed by atoms with E-state index in [2.05, 4.69) is 33.0 Å². The first-order valence-electron chi connectivity index (χ1n) is 10.4. The van der Waals surface area contributed by atoms with Crippen molar-refractivity contribution in [2.45, 2.75) is 19.8 Å². The first kappa shape index (κ1) is 19.5. The minimum absolute atomic E-state index is 0.0454. The Hall–Kier alpha value is -2.83. The number of carbonyl (C=O) groups excluding carboxylic acids is 1. The van der Waals surface area contributed by atoms with Crippen molar-refractivity contribution >= 4 is 17.4 Å². The van der Waals surface area contributed by atoms with E-state index in [0.717, 1.165) is 49.4 Å². The maximum Gasteiger partial charge on any atom is 0.274 e. The number of para-hydroxylation sites is 2. The topological polar surface area (TPSA) is 61.8 Å². The van der Waals surface area contributed by atoms with Gasteiger partial charge in [0.1, 0.15) is 5.75 Å². The first-order valence-corrected chi connectivity index (χ1v) is 10.4. The van der Waals surface area contributed by atoms with Crippen molar-refractivity contribution in [1.82, 2.24) is 15.1 Å². The molecule has 7 heteroatoms.